The van der Waals surface area contributed by atoms with Gasteiger partial charge in [0.1, 0.15) is 5.60 Å². The van der Waals surface area contributed by atoms with Crippen molar-refractivity contribution >= 4 is 11.8 Å². The normalized spacial score (nSPS) is 32.4. The minimum Gasteiger partial charge on any atom is -0.380 e. The number of nitrogens with one attached hydrogen (secondary N) is 2. The van der Waals surface area contributed by atoms with Crippen molar-refractivity contribution in [2.45, 2.75) is 82.1 Å². The summed E-state index contributed by atoms with van der Waals surface area (Å²) in [5, 5.41) is 16.8. The van der Waals surface area contributed by atoms with E-state index < -0.39 is 5.60 Å². The van der Waals surface area contributed by atoms with Gasteiger partial charge in [-0.05, 0) is 69.8 Å². The van der Waals surface area contributed by atoms with Gasteiger partial charge in [-0.15, -0.1) is 0 Å². The van der Waals surface area contributed by atoms with Crippen LogP contribution in [0.25, 0.3) is 0 Å². The van der Waals surface area contributed by atoms with E-state index in [4.69, 9.17) is 4.74 Å². The molecule has 0 spiro atoms. The van der Waals surface area contributed by atoms with E-state index in [1.165, 1.54) is 0 Å². The molecule has 6 heteroatoms. The van der Waals surface area contributed by atoms with Crippen molar-refractivity contribution in [1.82, 2.24) is 10.6 Å². The van der Waals surface area contributed by atoms with Crippen LogP contribution in [0, 0.1) is 11.8 Å². The van der Waals surface area contributed by atoms with Gasteiger partial charge in [-0.3, -0.25) is 9.59 Å². The first-order valence-electron chi connectivity index (χ1n) is 11.4. The average Bonchev–Trinajstić information content (AvgIpc) is 3.12. The van der Waals surface area contributed by atoms with E-state index in [2.05, 4.69) is 10.6 Å². The molecule has 4 rings (SSSR count). The Bertz CT molecular complexity index is 745. The van der Waals surface area contributed by atoms with Gasteiger partial charge in [-0.2, -0.15) is 0 Å². The SMILES string of the molecule is CC(O)(CCc1ccccc1)C(=O)N[C@@H]1CC[C@H](NC(=O)[C@@H]2C[C@H]2C2CCCO2)C1. The smallest absolute Gasteiger partial charge is 0.251 e. The van der Waals surface area contributed by atoms with Gasteiger partial charge < -0.3 is 20.5 Å². The third-order valence-electron chi connectivity index (χ3n) is 6.97. The summed E-state index contributed by atoms with van der Waals surface area (Å²) in [5.74, 6) is 0.308. The standard InChI is InChI=1S/C24H34N2O4/c1-24(29,12-11-16-6-3-2-4-7-16)23(28)26-18-10-9-17(14-18)25-22(27)20-15-19(20)21-8-5-13-30-21/h2-4,6-7,17-21,29H,5,8-15H2,1H3,(H,25,27)(H,26,28)/t17-,18+,19+,20+,21?,24?/m0/s1. The third kappa shape index (κ3) is 5.22. The Labute approximate surface area is 178 Å². The summed E-state index contributed by atoms with van der Waals surface area (Å²) in [6, 6.07) is 9.98. The number of hydrogen-bond donors (Lipinski definition) is 3. The molecular weight excluding hydrogens is 380 g/mol. The maximum atomic E-state index is 12.6. The molecule has 2 amide bonds. The van der Waals surface area contributed by atoms with Gasteiger partial charge in [0, 0.05) is 24.6 Å². The molecule has 1 aliphatic heterocycles. The van der Waals surface area contributed by atoms with Crippen LogP contribution in [0.5, 0.6) is 0 Å². The van der Waals surface area contributed by atoms with E-state index in [-0.39, 0.29) is 35.9 Å². The third-order valence-corrected chi connectivity index (χ3v) is 6.97. The van der Waals surface area contributed by atoms with Crippen molar-refractivity contribution in [1.29, 1.82) is 0 Å². The van der Waals surface area contributed by atoms with Crippen LogP contribution >= 0.6 is 0 Å². The van der Waals surface area contributed by atoms with E-state index in [1.54, 1.807) is 6.92 Å². The highest BCUT2D eigenvalue weighted by Crippen LogP contribution is 2.45. The van der Waals surface area contributed by atoms with Gasteiger partial charge in [0.15, 0.2) is 0 Å². The number of carbonyl (C=O) groups excluding carboxylic acids is 2. The summed E-state index contributed by atoms with van der Waals surface area (Å²) in [6.07, 6.45) is 6.84. The quantitative estimate of drug-likeness (QED) is 0.609. The molecule has 6 atom stereocenters. The van der Waals surface area contributed by atoms with Crippen molar-refractivity contribution in [2.75, 3.05) is 6.61 Å². The van der Waals surface area contributed by atoms with Crippen LogP contribution < -0.4 is 10.6 Å². The molecule has 6 nitrogen and oxygen atoms in total. The number of amides is 2. The minimum absolute atomic E-state index is 0.000772. The molecule has 0 bridgehead atoms. The van der Waals surface area contributed by atoms with Crippen LogP contribution in [0.15, 0.2) is 30.3 Å². The van der Waals surface area contributed by atoms with Gasteiger partial charge in [0.2, 0.25) is 5.91 Å². The summed E-state index contributed by atoms with van der Waals surface area (Å²) in [5.41, 5.74) is -0.296. The van der Waals surface area contributed by atoms with Crippen LogP contribution in [0.2, 0.25) is 0 Å². The van der Waals surface area contributed by atoms with Gasteiger partial charge in [0.05, 0.1) is 6.10 Å². The highest BCUT2D eigenvalue weighted by molar-refractivity contribution is 5.85. The Morgan fingerprint density at radius 3 is 2.53 bits per heavy atom. The van der Waals surface area contributed by atoms with Crippen molar-refractivity contribution in [3.63, 3.8) is 0 Å². The maximum Gasteiger partial charge on any atom is 0.251 e. The largest absolute Gasteiger partial charge is 0.380 e. The summed E-state index contributed by atoms with van der Waals surface area (Å²) in [4.78, 5) is 25.2. The molecule has 30 heavy (non-hydrogen) atoms. The second kappa shape index (κ2) is 9.06. The topological polar surface area (TPSA) is 87.7 Å². The highest BCUT2D eigenvalue weighted by atomic mass is 16.5. The molecule has 3 fully saturated rings. The lowest BCUT2D eigenvalue weighted by atomic mass is 9.95. The van der Waals surface area contributed by atoms with Crippen molar-refractivity contribution in [3.8, 4) is 0 Å². The van der Waals surface area contributed by atoms with E-state index in [9.17, 15) is 14.7 Å². The minimum atomic E-state index is -1.40. The summed E-state index contributed by atoms with van der Waals surface area (Å²) in [6.45, 7) is 2.41. The fraction of sp³-hybridized carbons (Fsp3) is 0.667. The van der Waals surface area contributed by atoms with E-state index in [1.807, 2.05) is 30.3 Å². The molecule has 1 heterocycles. The van der Waals surface area contributed by atoms with Crippen molar-refractivity contribution in [2.24, 2.45) is 11.8 Å². The second-order valence-corrected chi connectivity index (χ2v) is 9.51. The summed E-state index contributed by atoms with van der Waals surface area (Å²) >= 11 is 0. The first-order chi connectivity index (χ1) is 14.4. The molecule has 2 aliphatic carbocycles. The van der Waals surface area contributed by atoms with Gasteiger partial charge in [0.25, 0.3) is 5.91 Å². The lowest BCUT2D eigenvalue weighted by Crippen LogP contribution is -2.48. The predicted octanol–water partition coefficient (Wildman–Crippen LogP) is 2.34. The Kier molecular flexibility index (Phi) is 6.44. The van der Waals surface area contributed by atoms with E-state index in [0.29, 0.717) is 18.8 Å². The average molecular weight is 415 g/mol. The van der Waals surface area contributed by atoms with E-state index >= 15 is 0 Å². The van der Waals surface area contributed by atoms with Gasteiger partial charge in [-0.1, -0.05) is 30.3 Å². The summed E-state index contributed by atoms with van der Waals surface area (Å²) < 4.78 is 5.72. The zero-order valence-corrected chi connectivity index (χ0v) is 17.8. The number of carbonyl (C=O) groups is 2. The van der Waals surface area contributed by atoms with Gasteiger partial charge in [-0.25, -0.2) is 0 Å². The zero-order valence-electron chi connectivity index (χ0n) is 17.8. The maximum absolute atomic E-state index is 12.6. The molecular formula is C24H34N2O4. The van der Waals surface area contributed by atoms with Crippen molar-refractivity contribution in [3.05, 3.63) is 35.9 Å². The van der Waals surface area contributed by atoms with Crippen LogP contribution in [-0.4, -0.2) is 47.3 Å². The van der Waals surface area contributed by atoms with Crippen LogP contribution in [0.1, 0.15) is 57.4 Å². The molecule has 0 aromatic heterocycles. The number of hydrogen-bond acceptors (Lipinski definition) is 4. The first-order valence-corrected chi connectivity index (χ1v) is 11.4. The zero-order chi connectivity index (χ0) is 21.1. The molecule has 1 aromatic rings. The monoisotopic (exact) mass is 414 g/mol. The summed E-state index contributed by atoms with van der Waals surface area (Å²) in [7, 11) is 0. The molecule has 1 saturated heterocycles. The Morgan fingerprint density at radius 2 is 1.83 bits per heavy atom. The molecule has 2 saturated carbocycles. The van der Waals surface area contributed by atoms with Crippen molar-refractivity contribution < 1.29 is 19.4 Å². The molecule has 3 N–H and O–H groups in total. The molecule has 1 aromatic carbocycles. The Hall–Kier alpha value is -1.92. The molecule has 3 aliphatic rings. The Morgan fingerprint density at radius 1 is 1.10 bits per heavy atom. The van der Waals surface area contributed by atoms with Crippen LogP contribution in [-0.2, 0) is 20.7 Å². The molecule has 0 radical (unpaired) electrons. The lowest BCUT2D eigenvalue weighted by Gasteiger charge is -2.25. The lowest BCUT2D eigenvalue weighted by molar-refractivity contribution is -0.139. The van der Waals surface area contributed by atoms with Gasteiger partial charge >= 0.3 is 0 Å². The first kappa shape index (κ1) is 21.3. The fourth-order valence-corrected chi connectivity index (χ4v) is 4.91. The molecule has 164 valence electrons. The number of aliphatic hydroxyl groups is 1. The van der Waals surface area contributed by atoms with E-state index in [0.717, 1.165) is 50.7 Å². The molecule has 2 unspecified atom stereocenters. The van der Waals surface area contributed by atoms with Crippen LogP contribution in [0.4, 0.5) is 0 Å². The highest BCUT2D eigenvalue weighted by Gasteiger charge is 2.49. The Balaban J connectivity index is 1.18. The number of ether oxygens (including phenoxy) is 1. The fourth-order valence-electron chi connectivity index (χ4n) is 4.91. The number of benzene rings is 1. The number of aryl methyl sites for hydroxylation is 1. The van der Waals surface area contributed by atoms with Crippen LogP contribution in [0.3, 0.4) is 0 Å². The second-order valence-electron chi connectivity index (χ2n) is 9.51. The predicted molar refractivity (Wildman–Crippen MR) is 114 cm³/mol. The number of rotatable bonds is 8.